The number of benzene rings is 1. The van der Waals surface area contributed by atoms with E-state index >= 15 is 0 Å². The zero-order valence-corrected chi connectivity index (χ0v) is 19.3. The molecule has 0 aliphatic rings. The molecule has 0 heterocycles. The highest BCUT2D eigenvalue weighted by atomic mass is 32.2. The average Bonchev–Trinajstić information content (AvgIpc) is 2.73. The zero-order chi connectivity index (χ0) is 23.1. The molecule has 8 nitrogen and oxygen atoms in total. The highest BCUT2D eigenvalue weighted by Gasteiger charge is 2.23. The molecular formula is C22H33N3O5S. The van der Waals surface area contributed by atoms with Gasteiger partial charge in [0.1, 0.15) is 0 Å². The van der Waals surface area contributed by atoms with Crippen molar-refractivity contribution in [3.63, 3.8) is 0 Å². The Labute approximate surface area is 188 Å². The molecule has 0 saturated carbocycles. The SMILES string of the molecule is COC(=O)CC(SCC(C)NC(C)=O)C(=O)NCCCCCC(=O)Nc1ccccc1. The Balaban J connectivity index is 2.29. The number of para-hydroxylation sites is 1. The molecule has 0 bridgehead atoms. The molecule has 0 aromatic heterocycles. The standard InChI is InChI=1S/C22H33N3O5S/c1-16(24-17(2)26)15-31-19(14-21(28)30-3)22(29)23-13-9-5-8-12-20(27)25-18-10-6-4-7-11-18/h4,6-7,10-11,16,19H,5,8-9,12-15H2,1-3H3,(H,23,29)(H,24,26)(H,25,27). The fourth-order valence-corrected chi connectivity index (χ4v) is 3.86. The summed E-state index contributed by atoms with van der Waals surface area (Å²) in [5, 5.41) is 7.86. The lowest BCUT2D eigenvalue weighted by Gasteiger charge is -2.18. The van der Waals surface area contributed by atoms with Gasteiger partial charge >= 0.3 is 5.97 Å². The van der Waals surface area contributed by atoms with Gasteiger partial charge in [0, 0.05) is 37.4 Å². The summed E-state index contributed by atoms with van der Waals surface area (Å²) in [6.07, 6.45) is 2.66. The second kappa shape index (κ2) is 15.3. The number of rotatable bonds is 14. The van der Waals surface area contributed by atoms with Gasteiger partial charge in [-0.3, -0.25) is 19.2 Å². The number of nitrogens with one attached hydrogen (secondary N) is 3. The Bertz CT molecular complexity index is 714. The summed E-state index contributed by atoms with van der Waals surface area (Å²) in [5.41, 5.74) is 0.779. The number of anilines is 1. The fourth-order valence-electron chi connectivity index (χ4n) is 2.77. The molecule has 0 fully saturated rings. The number of esters is 1. The first-order valence-corrected chi connectivity index (χ1v) is 11.4. The number of carbonyl (C=O) groups is 4. The number of hydrogen-bond donors (Lipinski definition) is 3. The van der Waals surface area contributed by atoms with Crippen molar-refractivity contribution in [1.82, 2.24) is 10.6 Å². The average molecular weight is 452 g/mol. The first-order valence-electron chi connectivity index (χ1n) is 10.4. The van der Waals surface area contributed by atoms with E-state index in [0.717, 1.165) is 24.9 Å². The zero-order valence-electron chi connectivity index (χ0n) is 18.4. The van der Waals surface area contributed by atoms with Gasteiger partial charge in [0.15, 0.2) is 0 Å². The molecule has 172 valence electrons. The van der Waals surface area contributed by atoms with Crippen molar-refractivity contribution in [1.29, 1.82) is 0 Å². The summed E-state index contributed by atoms with van der Waals surface area (Å²) < 4.78 is 4.68. The molecule has 2 unspecified atom stereocenters. The Hall–Kier alpha value is -2.55. The number of amides is 3. The first-order chi connectivity index (χ1) is 14.8. The minimum absolute atomic E-state index is 0.0283. The van der Waals surface area contributed by atoms with E-state index in [4.69, 9.17) is 0 Å². The van der Waals surface area contributed by atoms with Crippen LogP contribution < -0.4 is 16.0 Å². The Morgan fingerprint density at radius 1 is 1.06 bits per heavy atom. The molecule has 2 atom stereocenters. The summed E-state index contributed by atoms with van der Waals surface area (Å²) in [6, 6.07) is 9.19. The number of hydrogen-bond acceptors (Lipinski definition) is 6. The van der Waals surface area contributed by atoms with Gasteiger partial charge in [0.05, 0.1) is 18.8 Å². The highest BCUT2D eigenvalue weighted by molar-refractivity contribution is 8.00. The molecule has 0 radical (unpaired) electrons. The third-order valence-corrected chi connectivity index (χ3v) is 5.78. The molecule has 1 rings (SSSR count). The second-order valence-corrected chi connectivity index (χ2v) is 8.46. The summed E-state index contributed by atoms with van der Waals surface area (Å²) >= 11 is 1.32. The predicted molar refractivity (Wildman–Crippen MR) is 123 cm³/mol. The molecule has 3 N–H and O–H groups in total. The van der Waals surface area contributed by atoms with Crippen molar-refractivity contribution in [2.75, 3.05) is 24.7 Å². The molecule has 1 aromatic carbocycles. The Morgan fingerprint density at radius 3 is 2.42 bits per heavy atom. The topological polar surface area (TPSA) is 114 Å². The molecular weight excluding hydrogens is 418 g/mol. The lowest BCUT2D eigenvalue weighted by molar-refractivity contribution is -0.141. The second-order valence-electron chi connectivity index (χ2n) is 7.22. The Kier molecular flexibility index (Phi) is 13.1. The van der Waals surface area contributed by atoms with E-state index < -0.39 is 11.2 Å². The van der Waals surface area contributed by atoms with Crippen LogP contribution in [0.2, 0.25) is 0 Å². The summed E-state index contributed by atoms with van der Waals surface area (Å²) in [7, 11) is 1.29. The van der Waals surface area contributed by atoms with Gasteiger partial charge in [0.25, 0.3) is 0 Å². The quantitative estimate of drug-likeness (QED) is 0.296. The van der Waals surface area contributed by atoms with Crippen molar-refractivity contribution in [3.05, 3.63) is 30.3 Å². The molecule has 9 heteroatoms. The number of ether oxygens (including phenoxy) is 1. The van der Waals surface area contributed by atoms with Crippen LogP contribution in [0.25, 0.3) is 0 Å². The maximum atomic E-state index is 12.5. The number of thioether (sulfide) groups is 1. The van der Waals surface area contributed by atoms with Crippen LogP contribution in [0.4, 0.5) is 5.69 Å². The highest BCUT2D eigenvalue weighted by Crippen LogP contribution is 2.17. The minimum Gasteiger partial charge on any atom is -0.469 e. The van der Waals surface area contributed by atoms with Gasteiger partial charge in [-0.25, -0.2) is 0 Å². The third-order valence-electron chi connectivity index (χ3n) is 4.31. The van der Waals surface area contributed by atoms with E-state index in [1.54, 1.807) is 0 Å². The number of carbonyl (C=O) groups excluding carboxylic acids is 4. The van der Waals surface area contributed by atoms with Crippen molar-refractivity contribution in [2.45, 2.75) is 57.2 Å². The van der Waals surface area contributed by atoms with Crippen LogP contribution in [0, 0.1) is 0 Å². The van der Waals surface area contributed by atoms with Gasteiger partial charge < -0.3 is 20.7 Å². The Morgan fingerprint density at radius 2 is 1.77 bits per heavy atom. The van der Waals surface area contributed by atoms with E-state index in [1.807, 2.05) is 37.3 Å². The molecule has 0 saturated heterocycles. The van der Waals surface area contributed by atoms with Crippen LogP contribution in [0.1, 0.15) is 46.0 Å². The van der Waals surface area contributed by atoms with Crippen LogP contribution in [0.5, 0.6) is 0 Å². The summed E-state index contributed by atoms with van der Waals surface area (Å²) in [4.78, 5) is 47.2. The van der Waals surface area contributed by atoms with E-state index in [-0.39, 0.29) is 30.2 Å². The maximum absolute atomic E-state index is 12.5. The van der Waals surface area contributed by atoms with Gasteiger partial charge in [-0.2, -0.15) is 0 Å². The van der Waals surface area contributed by atoms with Crippen molar-refractivity contribution in [2.24, 2.45) is 0 Å². The van der Waals surface area contributed by atoms with Gasteiger partial charge in [-0.05, 0) is 31.9 Å². The third kappa shape index (κ3) is 12.7. The summed E-state index contributed by atoms with van der Waals surface area (Å²) in [6.45, 7) is 3.75. The van der Waals surface area contributed by atoms with Gasteiger partial charge in [-0.15, -0.1) is 11.8 Å². The number of unbranched alkanes of at least 4 members (excludes halogenated alkanes) is 2. The van der Waals surface area contributed by atoms with Gasteiger partial charge in [0.2, 0.25) is 17.7 Å². The molecule has 0 spiro atoms. The fraction of sp³-hybridized carbons (Fsp3) is 0.545. The van der Waals surface area contributed by atoms with Crippen molar-refractivity contribution >= 4 is 41.1 Å². The van der Waals surface area contributed by atoms with Crippen molar-refractivity contribution < 1.29 is 23.9 Å². The van der Waals surface area contributed by atoms with Gasteiger partial charge in [-0.1, -0.05) is 24.6 Å². The van der Waals surface area contributed by atoms with Crippen LogP contribution in [-0.4, -0.2) is 54.4 Å². The molecule has 3 amide bonds. The number of methoxy groups -OCH3 is 1. The monoisotopic (exact) mass is 451 g/mol. The smallest absolute Gasteiger partial charge is 0.307 e. The van der Waals surface area contributed by atoms with E-state index in [0.29, 0.717) is 18.7 Å². The molecule has 0 aliphatic carbocycles. The normalized spacial score (nSPS) is 12.4. The maximum Gasteiger partial charge on any atom is 0.307 e. The lowest BCUT2D eigenvalue weighted by Crippen LogP contribution is -2.37. The first kappa shape index (κ1) is 26.5. The van der Waals surface area contributed by atoms with E-state index in [1.165, 1.54) is 25.8 Å². The predicted octanol–water partition coefficient (Wildman–Crippen LogP) is 2.49. The lowest BCUT2D eigenvalue weighted by atomic mass is 10.2. The van der Waals surface area contributed by atoms with E-state index in [2.05, 4.69) is 20.7 Å². The van der Waals surface area contributed by atoms with E-state index in [9.17, 15) is 19.2 Å². The van der Waals surface area contributed by atoms with Crippen molar-refractivity contribution in [3.8, 4) is 0 Å². The summed E-state index contributed by atoms with van der Waals surface area (Å²) in [5.74, 6) is -0.348. The van der Waals surface area contributed by atoms with Crippen LogP contribution in [0.3, 0.4) is 0 Å². The molecule has 0 aliphatic heterocycles. The largest absolute Gasteiger partial charge is 0.469 e. The molecule has 1 aromatic rings. The van der Waals surface area contributed by atoms with Crippen LogP contribution in [0.15, 0.2) is 30.3 Å². The van der Waals surface area contributed by atoms with Crippen LogP contribution >= 0.6 is 11.8 Å². The minimum atomic E-state index is -0.583. The molecule has 31 heavy (non-hydrogen) atoms. The van der Waals surface area contributed by atoms with Crippen LogP contribution in [-0.2, 0) is 23.9 Å².